The van der Waals surface area contributed by atoms with Crippen LogP contribution in [0, 0.1) is 0 Å². The molecule has 0 atom stereocenters. The molecule has 0 N–H and O–H groups in total. The van der Waals surface area contributed by atoms with E-state index < -0.39 is 0 Å². The van der Waals surface area contributed by atoms with Crippen LogP contribution in [0.4, 0.5) is 0 Å². The predicted octanol–water partition coefficient (Wildman–Crippen LogP) is 2.75. The average Bonchev–Trinajstić information content (AvgIpc) is 2.37. The minimum Gasteiger partial charge on any atom is -0.493 e. The van der Waals surface area contributed by atoms with E-state index >= 15 is 0 Å². The summed E-state index contributed by atoms with van der Waals surface area (Å²) in [7, 11) is 1.40. The van der Waals surface area contributed by atoms with Gasteiger partial charge >= 0.3 is 5.97 Å². The van der Waals surface area contributed by atoms with E-state index in [4.69, 9.17) is 4.74 Å². The van der Waals surface area contributed by atoms with Crippen molar-refractivity contribution in [2.24, 2.45) is 0 Å². The van der Waals surface area contributed by atoms with Crippen molar-refractivity contribution < 1.29 is 14.3 Å². The normalized spacial score (nSPS) is 9.71. The molecule has 0 aromatic heterocycles. The molecule has 0 fully saturated rings. The highest BCUT2D eigenvalue weighted by molar-refractivity contribution is 5.69. The molecule has 0 radical (unpaired) electrons. The zero-order chi connectivity index (χ0) is 12.5. The van der Waals surface area contributed by atoms with E-state index in [1.165, 1.54) is 7.11 Å². The van der Waals surface area contributed by atoms with Crippen LogP contribution in [0.25, 0.3) is 0 Å². The van der Waals surface area contributed by atoms with Gasteiger partial charge in [-0.2, -0.15) is 0 Å². The van der Waals surface area contributed by atoms with Crippen LogP contribution >= 0.6 is 0 Å². The number of benzene rings is 1. The molecule has 0 saturated heterocycles. The summed E-state index contributed by atoms with van der Waals surface area (Å²) in [4.78, 5) is 11.0. The van der Waals surface area contributed by atoms with Gasteiger partial charge in [-0.05, 0) is 30.5 Å². The molecule has 0 heterocycles. The van der Waals surface area contributed by atoms with Crippen molar-refractivity contribution in [3.8, 4) is 5.75 Å². The quantitative estimate of drug-likeness (QED) is 0.413. The van der Waals surface area contributed by atoms with Crippen LogP contribution in [-0.4, -0.2) is 19.7 Å². The molecule has 0 aliphatic rings. The Balaban J connectivity index is 2.47. The zero-order valence-electron chi connectivity index (χ0n) is 10.1. The third kappa shape index (κ3) is 5.20. The van der Waals surface area contributed by atoms with Gasteiger partial charge in [0.2, 0.25) is 0 Å². The maximum absolute atomic E-state index is 11.0. The summed E-state index contributed by atoms with van der Waals surface area (Å²) in [5.74, 6) is 0.636. The van der Waals surface area contributed by atoms with Gasteiger partial charge in [-0.15, -0.1) is 6.58 Å². The molecule has 1 aromatic carbocycles. The Morgan fingerprint density at radius 1 is 1.47 bits per heavy atom. The van der Waals surface area contributed by atoms with Crippen molar-refractivity contribution in [2.75, 3.05) is 13.7 Å². The maximum Gasteiger partial charge on any atom is 0.305 e. The first-order chi connectivity index (χ1) is 8.26. The smallest absolute Gasteiger partial charge is 0.305 e. The molecule has 1 rings (SSSR count). The minimum absolute atomic E-state index is 0.192. The lowest BCUT2D eigenvalue weighted by atomic mass is 10.1. The van der Waals surface area contributed by atoms with E-state index in [9.17, 15) is 4.79 Å². The number of aryl methyl sites for hydroxylation is 1. The molecule has 0 amide bonds. The van der Waals surface area contributed by atoms with Crippen LogP contribution in [0.5, 0.6) is 5.75 Å². The fourth-order valence-electron chi connectivity index (χ4n) is 1.40. The minimum atomic E-state index is -0.192. The maximum atomic E-state index is 11.0. The lowest BCUT2D eigenvalue weighted by Crippen LogP contribution is -2.02. The van der Waals surface area contributed by atoms with Crippen LogP contribution < -0.4 is 4.74 Å². The molecule has 0 aliphatic carbocycles. The number of carbonyl (C=O) groups excluding carboxylic acids is 1. The third-order valence-electron chi connectivity index (χ3n) is 2.33. The average molecular weight is 234 g/mol. The summed E-state index contributed by atoms with van der Waals surface area (Å²) in [6.07, 6.45) is 3.71. The fourth-order valence-corrected chi connectivity index (χ4v) is 1.40. The highest BCUT2D eigenvalue weighted by atomic mass is 16.5. The van der Waals surface area contributed by atoms with E-state index in [0.717, 1.165) is 17.7 Å². The predicted molar refractivity (Wildman–Crippen MR) is 67.1 cm³/mol. The molecule has 92 valence electrons. The second-order valence-electron chi connectivity index (χ2n) is 3.65. The van der Waals surface area contributed by atoms with Gasteiger partial charge in [0.1, 0.15) is 5.75 Å². The van der Waals surface area contributed by atoms with Crippen LogP contribution in [0.1, 0.15) is 18.4 Å². The SMILES string of the molecule is C=CCCOc1cccc(CCC(=O)OC)c1. The largest absolute Gasteiger partial charge is 0.493 e. The summed E-state index contributed by atoms with van der Waals surface area (Å²) in [5, 5.41) is 0. The van der Waals surface area contributed by atoms with Gasteiger partial charge in [-0.3, -0.25) is 4.79 Å². The Kier molecular flexibility index (Phi) is 5.86. The van der Waals surface area contributed by atoms with Crippen molar-refractivity contribution in [2.45, 2.75) is 19.3 Å². The number of methoxy groups -OCH3 is 1. The number of hydrogen-bond acceptors (Lipinski definition) is 3. The Bertz CT molecular complexity index is 371. The van der Waals surface area contributed by atoms with Crippen LogP contribution in [0.3, 0.4) is 0 Å². The second kappa shape index (κ2) is 7.49. The summed E-state index contributed by atoms with van der Waals surface area (Å²) < 4.78 is 10.1. The first-order valence-corrected chi connectivity index (χ1v) is 5.65. The molecule has 0 spiro atoms. The molecule has 3 nitrogen and oxygen atoms in total. The van der Waals surface area contributed by atoms with Crippen molar-refractivity contribution >= 4 is 5.97 Å². The summed E-state index contributed by atoms with van der Waals surface area (Å²) in [6.45, 7) is 4.27. The highest BCUT2D eigenvalue weighted by Crippen LogP contribution is 2.15. The Morgan fingerprint density at radius 3 is 3.00 bits per heavy atom. The number of hydrogen-bond donors (Lipinski definition) is 0. The number of ether oxygens (including phenoxy) is 2. The van der Waals surface area contributed by atoms with Gasteiger partial charge in [-0.1, -0.05) is 18.2 Å². The molecule has 1 aromatic rings. The first kappa shape index (κ1) is 13.3. The standard InChI is InChI=1S/C14H18O3/c1-3-4-10-17-13-7-5-6-12(11-13)8-9-14(15)16-2/h3,5-7,11H,1,4,8-10H2,2H3. The van der Waals surface area contributed by atoms with Crippen LogP contribution in [0.2, 0.25) is 0 Å². The van der Waals surface area contributed by atoms with Crippen LogP contribution in [-0.2, 0) is 16.0 Å². The van der Waals surface area contributed by atoms with Gasteiger partial charge in [0.05, 0.1) is 13.7 Å². The van der Waals surface area contributed by atoms with Gasteiger partial charge in [0.15, 0.2) is 0 Å². The fraction of sp³-hybridized carbons (Fsp3) is 0.357. The number of rotatable bonds is 7. The molecule has 3 heteroatoms. The molecule has 0 aliphatic heterocycles. The van der Waals surface area contributed by atoms with Crippen molar-refractivity contribution in [1.82, 2.24) is 0 Å². The van der Waals surface area contributed by atoms with Crippen molar-refractivity contribution in [3.05, 3.63) is 42.5 Å². The molecule has 0 unspecified atom stereocenters. The van der Waals surface area contributed by atoms with Gasteiger partial charge in [-0.25, -0.2) is 0 Å². The lowest BCUT2D eigenvalue weighted by molar-refractivity contribution is -0.140. The van der Waals surface area contributed by atoms with E-state index in [1.807, 2.05) is 30.3 Å². The third-order valence-corrected chi connectivity index (χ3v) is 2.33. The van der Waals surface area contributed by atoms with E-state index in [1.54, 1.807) is 0 Å². The van der Waals surface area contributed by atoms with Gasteiger partial charge in [0.25, 0.3) is 0 Å². The second-order valence-corrected chi connectivity index (χ2v) is 3.65. The topological polar surface area (TPSA) is 35.5 Å². The lowest BCUT2D eigenvalue weighted by Gasteiger charge is -2.06. The van der Waals surface area contributed by atoms with Gasteiger partial charge in [0, 0.05) is 6.42 Å². The van der Waals surface area contributed by atoms with E-state index in [0.29, 0.717) is 19.4 Å². The molecule has 17 heavy (non-hydrogen) atoms. The van der Waals surface area contributed by atoms with E-state index in [2.05, 4.69) is 11.3 Å². The molecular weight excluding hydrogens is 216 g/mol. The summed E-state index contributed by atoms with van der Waals surface area (Å²) >= 11 is 0. The zero-order valence-corrected chi connectivity index (χ0v) is 10.1. The molecule has 0 bridgehead atoms. The van der Waals surface area contributed by atoms with Gasteiger partial charge < -0.3 is 9.47 Å². The molecule has 0 saturated carbocycles. The Hall–Kier alpha value is -1.77. The first-order valence-electron chi connectivity index (χ1n) is 5.65. The Labute approximate surface area is 102 Å². The number of carbonyl (C=O) groups is 1. The summed E-state index contributed by atoms with van der Waals surface area (Å²) in [6, 6.07) is 7.76. The van der Waals surface area contributed by atoms with E-state index in [-0.39, 0.29) is 5.97 Å². The molecular formula is C14H18O3. The monoisotopic (exact) mass is 234 g/mol. The highest BCUT2D eigenvalue weighted by Gasteiger charge is 2.02. The summed E-state index contributed by atoms with van der Waals surface area (Å²) in [5.41, 5.74) is 1.08. The Morgan fingerprint density at radius 2 is 2.29 bits per heavy atom. The van der Waals surface area contributed by atoms with Crippen molar-refractivity contribution in [3.63, 3.8) is 0 Å². The van der Waals surface area contributed by atoms with Crippen LogP contribution in [0.15, 0.2) is 36.9 Å². The van der Waals surface area contributed by atoms with Crippen molar-refractivity contribution in [1.29, 1.82) is 0 Å². The number of esters is 1.